The van der Waals surface area contributed by atoms with Crippen LogP contribution in [-0.2, 0) is 0 Å². The van der Waals surface area contributed by atoms with Gasteiger partial charge in [-0.2, -0.15) is 10.4 Å². The average Bonchev–Trinajstić information content (AvgIpc) is 3.23. The molecule has 7 nitrogen and oxygen atoms in total. The zero-order valence-electron chi connectivity index (χ0n) is 16.5. The number of hydrogen-bond acceptors (Lipinski definition) is 6. The number of nitrogens with zero attached hydrogens (tertiary/aromatic N) is 2. The van der Waals surface area contributed by atoms with Gasteiger partial charge in [-0.15, -0.1) is 0 Å². The Morgan fingerprint density at radius 1 is 1.27 bits per heavy atom. The quantitative estimate of drug-likeness (QED) is 0.506. The molecule has 1 fully saturated rings. The largest absolute Gasteiger partial charge is 0.485 e. The Kier molecular flexibility index (Phi) is 4.19. The first-order valence-electron chi connectivity index (χ1n) is 9.98. The fourth-order valence-corrected chi connectivity index (χ4v) is 4.70. The summed E-state index contributed by atoms with van der Waals surface area (Å²) >= 11 is 0. The number of carbonyl (C=O) groups excluding carboxylic acids is 2. The molecule has 5 rings (SSSR count). The maximum Gasteiger partial charge on any atom is 0.181 e. The summed E-state index contributed by atoms with van der Waals surface area (Å²) in [4.78, 5) is 27.3. The number of piperidine rings is 1. The van der Waals surface area contributed by atoms with E-state index in [4.69, 9.17) is 4.74 Å². The molecule has 150 valence electrons. The predicted molar refractivity (Wildman–Crippen MR) is 110 cm³/mol. The number of fused-ring (bicyclic) bond motifs is 2. The molecule has 2 aliphatic heterocycles. The molecule has 0 radical (unpaired) electrons. The van der Waals surface area contributed by atoms with Crippen LogP contribution in [0.2, 0.25) is 0 Å². The molecular formula is C23H20N4O3. The first kappa shape index (κ1) is 18.5. The highest BCUT2D eigenvalue weighted by atomic mass is 16.5. The van der Waals surface area contributed by atoms with E-state index < -0.39 is 11.5 Å². The summed E-state index contributed by atoms with van der Waals surface area (Å²) in [6.45, 7) is 3.23. The second kappa shape index (κ2) is 6.78. The lowest BCUT2D eigenvalue weighted by Crippen LogP contribution is -2.58. The Hall–Kier alpha value is -3.50. The second-order valence-electron chi connectivity index (χ2n) is 8.03. The number of aromatic amines is 1. The van der Waals surface area contributed by atoms with E-state index in [0.29, 0.717) is 48.4 Å². The van der Waals surface area contributed by atoms with Gasteiger partial charge in [0.25, 0.3) is 0 Å². The number of carbonyl (C=O) groups is 2. The van der Waals surface area contributed by atoms with Crippen LogP contribution in [0.3, 0.4) is 0 Å². The molecule has 0 aliphatic carbocycles. The molecule has 1 saturated heterocycles. The normalized spacial score (nSPS) is 19.9. The molecule has 3 aromatic rings. The molecule has 0 amide bonds. The molecule has 1 aromatic heterocycles. The van der Waals surface area contributed by atoms with Crippen LogP contribution in [0.25, 0.3) is 10.9 Å². The molecule has 3 heterocycles. The van der Waals surface area contributed by atoms with Gasteiger partial charge in [0.05, 0.1) is 28.9 Å². The fourth-order valence-electron chi connectivity index (χ4n) is 4.70. The molecule has 1 atom stereocenters. The highest BCUT2D eigenvalue weighted by Crippen LogP contribution is 2.44. The van der Waals surface area contributed by atoms with E-state index in [1.165, 1.54) is 0 Å². The number of rotatable bonds is 2. The summed E-state index contributed by atoms with van der Waals surface area (Å²) in [6, 6.07) is 10.4. The van der Waals surface area contributed by atoms with Crippen LogP contribution in [0.5, 0.6) is 5.75 Å². The maximum absolute atomic E-state index is 13.7. The summed E-state index contributed by atoms with van der Waals surface area (Å²) in [5.74, 6) is -1.00. The van der Waals surface area contributed by atoms with Crippen LogP contribution in [0.4, 0.5) is 0 Å². The zero-order chi connectivity index (χ0) is 20.9. The van der Waals surface area contributed by atoms with Crippen molar-refractivity contribution >= 4 is 22.5 Å². The molecule has 30 heavy (non-hydrogen) atoms. The Morgan fingerprint density at radius 2 is 2.07 bits per heavy atom. The van der Waals surface area contributed by atoms with Crippen molar-refractivity contribution in [1.29, 1.82) is 5.26 Å². The van der Waals surface area contributed by atoms with E-state index in [1.54, 1.807) is 36.5 Å². The van der Waals surface area contributed by atoms with Crippen LogP contribution in [0.15, 0.2) is 36.5 Å². The number of Topliss-reactive ketones (excluding diaryl/α,β-unsaturated/α-hetero) is 2. The number of ketones is 2. The monoisotopic (exact) mass is 400 g/mol. The Morgan fingerprint density at radius 3 is 2.83 bits per heavy atom. The molecule has 7 heteroatoms. The summed E-state index contributed by atoms with van der Waals surface area (Å²) in [5.41, 5.74) is 2.13. The van der Waals surface area contributed by atoms with E-state index in [1.807, 2.05) is 6.92 Å². The second-order valence-corrected chi connectivity index (χ2v) is 8.03. The number of benzene rings is 2. The van der Waals surface area contributed by atoms with Crippen LogP contribution in [-0.4, -0.2) is 40.5 Å². The van der Waals surface area contributed by atoms with Crippen molar-refractivity contribution in [3.05, 3.63) is 58.8 Å². The van der Waals surface area contributed by atoms with Crippen LogP contribution >= 0.6 is 0 Å². The van der Waals surface area contributed by atoms with Crippen molar-refractivity contribution in [3.8, 4) is 11.8 Å². The molecule has 2 aromatic carbocycles. The molecule has 0 saturated carbocycles. The molecule has 2 aliphatic rings. The highest BCUT2D eigenvalue weighted by molar-refractivity contribution is 6.19. The maximum atomic E-state index is 13.7. The third-order valence-corrected chi connectivity index (χ3v) is 6.22. The Labute approximate surface area is 173 Å². The minimum Gasteiger partial charge on any atom is -0.485 e. The van der Waals surface area contributed by atoms with E-state index in [2.05, 4.69) is 21.6 Å². The van der Waals surface area contributed by atoms with Crippen molar-refractivity contribution in [3.63, 3.8) is 0 Å². The third kappa shape index (κ3) is 2.72. The van der Waals surface area contributed by atoms with Gasteiger partial charge in [0.2, 0.25) is 0 Å². The molecule has 1 spiro atoms. The number of aryl methyl sites for hydroxylation is 1. The van der Waals surface area contributed by atoms with Gasteiger partial charge >= 0.3 is 0 Å². The van der Waals surface area contributed by atoms with Crippen molar-refractivity contribution in [2.24, 2.45) is 5.92 Å². The lowest BCUT2D eigenvalue weighted by Gasteiger charge is -2.45. The third-order valence-electron chi connectivity index (χ3n) is 6.22. The van der Waals surface area contributed by atoms with Crippen molar-refractivity contribution < 1.29 is 14.3 Å². The number of H-pyrrole nitrogens is 1. The zero-order valence-corrected chi connectivity index (χ0v) is 16.5. The summed E-state index contributed by atoms with van der Waals surface area (Å²) < 4.78 is 6.38. The first-order chi connectivity index (χ1) is 14.5. The smallest absolute Gasteiger partial charge is 0.181 e. The van der Waals surface area contributed by atoms with Gasteiger partial charge in [0.15, 0.2) is 11.6 Å². The van der Waals surface area contributed by atoms with Crippen LogP contribution < -0.4 is 10.1 Å². The number of ether oxygens (including phenoxy) is 1. The molecule has 2 N–H and O–H groups in total. The molecular weight excluding hydrogens is 380 g/mol. The predicted octanol–water partition coefficient (Wildman–Crippen LogP) is 2.94. The van der Waals surface area contributed by atoms with Gasteiger partial charge in [0, 0.05) is 23.8 Å². The van der Waals surface area contributed by atoms with Gasteiger partial charge in [0.1, 0.15) is 17.3 Å². The SMILES string of the molecule is Cc1cc(C(=O)C2C(=O)c3ccc(C#N)cc3OC23CCNCC3)cc2cn[nH]c12. The van der Waals surface area contributed by atoms with Gasteiger partial charge in [-0.3, -0.25) is 14.7 Å². The topological polar surface area (TPSA) is 108 Å². The average molecular weight is 400 g/mol. The van der Waals surface area contributed by atoms with Crippen molar-refractivity contribution in [2.75, 3.05) is 13.1 Å². The molecule has 0 bridgehead atoms. The van der Waals surface area contributed by atoms with Gasteiger partial charge in [-0.05, 0) is 55.9 Å². The van der Waals surface area contributed by atoms with Crippen LogP contribution in [0, 0.1) is 24.2 Å². The molecule has 1 unspecified atom stereocenters. The highest BCUT2D eigenvalue weighted by Gasteiger charge is 2.53. The summed E-state index contributed by atoms with van der Waals surface area (Å²) in [5, 5.41) is 20.3. The van der Waals surface area contributed by atoms with E-state index in [0.717, 1.165) is 16.5 Å². The van der Waals surface area contributed by atoms with E-state index in [-0.39, 0.29) is 11.6 Å². The lowest BCUT2D eigenvalue weighted by molar-refractivity contribution is -0.0138. The number of nitriles is 1. The lowest BCUT2D eigenvalue weighted by atomic mass is 9.70. The number of hydrogen-bond donors (Lipinski definition) is 2. The minimum absolute atomic E-state index is 0.233. The minimum atomic E-state index is -0.927. The Balaban J connectivity index is 1.64. The van der Waals surface area contributed by atoms with Crippen molar-refractivity contribution in [1.82, 2.24) is 15.5 Å². The first-order valence-corrected chi connectivity index (χ1v) is 9.98. The standard InChI is InChI=1S/C23H20N4O3/c1-13-8-15(10-16-12-26-27-20(13)16)21(28)19-22(29)17-3-2-14(11-24)9-18(17)30-23(19)4-6-25-7-5-23/h2-3,8-10,12,19,25H,4-7H2,1H3,(H,26,27). The van der Waals surface area contributed by atoms with Crippen molar-refractivity contribution in [2.45, 2.75) is 25.4 Å². The number of aromatic nitrogens is 2. The van der Waals surface area contributed by atoms with E-state index in [9.17, 15) is 14.9 Å². The number of nitrogens with one attached hydrogen (secondary N) is 2. The van der Waals surface area contributed by atoms with Gasteiger partial charge < -0.3 is 10.1 Å². The van der Waals surface area contributed by atoms with Gasteiger partial charge in [-0.1, -0.05) is 0 Å². The summed E-state index contributed by atoms with van der Waals surface area (Å²) in [7, 11) is 0. The van der Waals surface area contributed by atoms with Gasteiger partial charge in [-0.25, -0.2) is 0 Å². The summed E-state index contributed by atoms with van der Waals surface area (Å²) in [6.07, 6.45) is 2.76. The van der Waals surface area contributed by atoms with E-state index >= 15 is 0 Å². The fraction of sp³-hybridized carbons (Fsp3) is 0.304. The van der Waals surface area contributed by atoms with Crippen LogP contribution in [0.1, 0.15) is 44.7 Å². The Bertz CT molecular complexity index is 1230.